The number of fused-ring (bicyclic) bond motifs is 4. The molecular formula is C24H15FN3O+. The van der Waals surface area contributed by atoms with Gasteiger partial charge in [-0.05, 0) is 35.9 Å². The molecule has 0 saturated heterocycles. The quantitative estimate of drug-likeness (QED) is 0.291. The molecule has 0 bridgehead atoms. The third-order valence-electron chi connectivity index (χ3n) is 5.56. The molecule has 4 nitrogen and oxygen atoms in total. The molecule has 1 aliphatic rings. The molecule has 0 atom stereocenters. The van der Waals surface area contributed by atoms with Gasteiger partial charge in [0.05, 0.1) is 16.3 Å². The molecule has 5 heteroatoms. The van der Waals surface area contributed by atoms with Crippen LogP contribution in [-0.2, 0) is 7.05 Å². The van der Waals surface area contributed by atoms with E-state index < -0.39 is 0 Å². The van der Waals surface area contributed by atoms with E-state index in [1.165, 1.54) is 12.4 Å². The highest BCUT2D eigenvalue weighted by Gasteiger charge is 2.30. The van der Waals surface area contributed by atoms with Crippen LogP contribution in [0.25, 0.3) is 44.1 Å². The Morgan fingerprint density at radius 2 is 1.72 bits per heavy atom. The lowest BCUT2D eigenvalue weighted by Gasteiger charge is -2.20. The first-order valence-electron chi connectivity index (χ1n) is 9.32. The molecule has 0 unspecified atom stereocenters. The average molecular weight is 380 g/mol. The number of halogens is 1. The molecule has 0 N–H and O–H groups in total. The number of benzene rings is 3. The Balaban J connectivity index is 1.77. The number of rotatable bonds is 1. The second-order valence-electron chi connectivity index (χ2n) is 7.19. The van der Waals surface area contributed by atoms with Crippen LogP contribution in [0.2, 0.25) is 0 Å². The first-order valence-corrected chi connectivity index (χ1v) is 9.32. The van der Waals surface area contributed by atoms with E-state index in [2.05, 4.69) is 38.8 Å². The maximum Gasteiger partial charge on any atom is 0.228 e. The molecule has 3 heterocycles. The average Bonchev–Trinajstić information content (AvgIpc) is 2.76. The molecule has 0 radical (unpaired) electrons. The standard InChI is InChI=1S/C24H15FN3O/c1-28-20-9-14(15-11-26-13-27-12-15)5-7-17(20)18-3-2-4-22-23(18)24(28)19-10-16(25)6-8-21(19)29-22/h2-13H,1H3/q+1. The van der Waals surface area contributed by atoms with Crippen LogP contribution in [0, 0.1) is 5.82 Å². The summed E-state index contributed by atoms with van der Waals surface area (Å²) < 4.78 is 22.3. The van der Waals surface area contributed by atoms with E-state index in [0.29, 0.717) is 5.75 Å². The zero-order valence-electron chi connectivity index (χ0n) is 15.6. The third kappa shape index (κ3) is 2.27. The minimum absolute atomic E-state index is 0.282. The second kappa shape index (κ2) is 5.82. The lowest BCUT2D eigenvalue weighted by Crippen LogP contribution is -2.33. The fraction of sp³-hybridized carbons (Fsp3) is 0.0417. The topological polar surface area (TPSA) is 38.9 Å². The number of nitrogens with zero attached hydrogens (tertiary/aromatic N) is 3. The van der Waals surface area contributed by atoms with E-state index in [1.807, 2.05) is 19.2 Å². The van der Waals surface area contributed by atoms with Crippen LogP contribution in [0.1, 0.15) is 0 Å². The number of aryl methyl sites for hydroxylation is 1. The minimum atomic E-state index is -0.282. The van der Waals surface area contributed by atoms with Crippen molar-refractivity contribution in [3.8, 4) is 33.9 Å². The predicted molar refractivity (Wildman–Crippen MR) is 109 cm³/mol. The maximum atomic E-state index is 14.1. The maximum absolute atomic E-state index is 14.1. The van der Waals surface area contributed by atoms with Gasteiger partial charge in [0.1, 0.15) is 30.7 Å². The Morgan fingerprint density at radius 3 is 2.59 bits per heavy atom. The summed E-state index contributed by atoms with van der Waals surface area (Å²) in [5, 5.41) is 3.19. The number of aromatic nitrogens is 3. The molecule has 6 rings (SSSR count). The number of ether oxygens (including phenoxy) is 1. The van der Waals surface area contributed by atoms with E-state index in [1.54, 1.807) is 24.5 Å². The predicted octanol–water partition coefficient (Wildman–Crippen LogP) is 5.19. The fourth-order valence-corrected chi connectivity index (χ4v) is 4.25. The molecule has 3 aromatic carbocycles. The monoisotopic (exact) mass is 380 g/mol. The van der Waals surface area contributed by atoms with Crippen LogP contribution in [0.4, 0.5) is 4.39 Å². The molecule has 29 heavy (non-hydrogen) atoms. The summed E-state index contributed by atoms with van der Waals surface area (Å²) >= 11 is 0. The first kappa shape index (κ1) is 16.1. The van der Waals surface area contributed by atoms with Gasteiger partial charge in [0.25, 0.3) is 0 Å². The Kier molecular flexibility index (Phi) is 3.23. The van der Waals surface area contributed by atoms with Crippen molar-refractivity contribution >= 4 is 21.7 Å². The van der Waals surface area contributed by atoms with E-state index >= 15 is 0 Å². The zero-order valence-corrected chi connectivity index (χ0v) is 15.6. The zero-order chi connectivity index (χ0) is 19.5. The van der Waals surface area contributed by atoms with E-state index in [9.17, 15) is 4.39 Å². The number of hydrogen-bond donors (Lipinski definition) is 0. The lowest BCUT2D eigenvalue weighted by molar-refractivity contribution is -0.632. The van der Waals surface area contributed by atoms with Gasteiger partial charge in [-0.15, -0.1) is 0 Å². The van der Waals surface area contributed by atoms with E-state index in [4.69, 9.17) is 4.74 Å². The van der Waals surface area contributed by atoms with Crippen molar-refractivity contribution in [3.63, 3.8) is 0 Å². The highest BCUT2D eigenvalue weighted by molar-refractivity contribution is 6.13. The lowest BCUT2D eigenvalue weighted by atomic mass is 9.95. The first-order chi connectivity index (χ1) is 14.2. The molecule has 0 saturated carbocycles. The van der Waals surface area contributed by atoms with E-state index in [0.717, 1.165) is 49.8 Å². The normalized spacial score (nSPS) is 12.1. The highest BCUT2D eigenvalue weighted by Crippen LogP contribution is 2.46. The van der Waals surface area contributed by atoms with Crippen molar-refractivity contribution in [1.82, 2.24) is 9.97 Å². The summed E-state index contributed by atoms with van der Waals surface area (Å²) in [4.78, 5) is 8.26. The molecule has 0 amide bonds. The van der Waals surface area contributed by atoms with Gasteiger partial charge in [-0.2, -0.15) is 4.57 Å². The van der Waals surface area contributed by atoms with Crippen molar-refractivity contribution in [1.29, 1.82) is 0 Å². The van der Waals surface area contributed by atoms with Crippen molar-refractivity contribution in [3.05, 3.63) is 79.1 Å². The van der Waals surface area contributed by atoms with Gasteiger partial charge in [-0.1, -0.05) is 18.2 Å². The van der Waals surface area contributed by atoms with Crippen LogP contribution < -0.4 is 9.30 Å². The van der Waals surface area contributed by atoms with Crippen molar-refractivity contribution < 1.29 is 13.7 Å². The van der Waals surface area contributed by atoms with Gasteiger partial charge >= 0.3 is 0 Å². The summed E-state index contributed by atoms with van der Waals surface area (Å²) in [5.74, 6) is 1.17. The molecule has 2 aromatic heterocycles. The van der Waals surface area contributed by atoms with Crippen LogP contribution in [0.15, 0.2) is 73.3 Å². The van der Waals surface area contributed by atoms with Crippen molar-refractivity contribution in [2.75, 3.05) is 0 Å². The van der Waals surface area contributed by atoms with Gasteiger partial charge in [-0.3, -0.25) is 0 Å². The summed E-state index contributed by atoms with van der Waals surface area (Å²) in [6.07, 6.45) is 5.13. The molecule has 0 aliphatic carbocycles. The van der Waals surface area contributed by atoms with Gasteiger partial charge < -0.3 is 4.74 Å². The molecule has 0 fully saturated rings. The van der Waals surface area contributed by atoms with Crippen LogP contribution >= 0.6 is 0 Å². The summed E-state index contributed by atoms with van der Waals surface area (Å²) in [6, 6.07) is 17.0. The number of hydrogen-bond acceptors (Lipinski definition) is 3. The second-order valence-corrected chi connectivity index (χ2v) is 7.19. The molecule has 138 valence electrons. The highest BCUT2D eigenvalue weighted by atomic mass is 19.1. The van der Waals surface area contributed by atoms with Crippen LogP contribution in [0.5, 0.6) is 11.5 Å². The number of pyridine rings is 1. The Labute approximate surface area is 165 Å². The Morgan fingerprint density at radius 1 is 0.862 bits per heavy atom. The molecule has 0 spiro atoms. The third-order valence-corrected chi connectivity index (χ3v) is 5.56. The Bertz CT molecular complexity index is 1450. The molecule has 1 aliphatic heterocycles. The van der Waals surface area contributed by atoms with Crippen molar-refractivity contribution in [2.24, 2.45) is 7.05 Å². The van der Waals surface area contributed by atoms with Crippen LogP contribution in [-0.4, -0.2) is 9.97 Å². The summed E-state index contributed by atoms with van der Waals surface area (Å²) in [7, 11) is 2.01. The van der Waals surface area contributed by atoms with Gasteiger partial charge in [0, 0.05) is 29.4 Å². The Hall–Kier alpha value is -3.86. The fourth-order valence-electron chi connectivity index (χ4n) is 4.25. The summed E-state index contributed by atoms with van der Waals surface area (Å²) in [5.41, 5.74) is 4.73. The molecular weight excluding hydrogens is 365 g/mol. The van der Waals surface area contributed by atoms with Crippen molar-refractivity contribution in [2.45, 2.75) is 0 Å². The van der Waals surface area contributed by atoms with Crippen LogP contribution in [0.3, 0.4) is 0 Å². The van der Waals surface area contributed by atoms with Gasteiger partial charge in [0.15, 0.2) is 0 Å². The van der Waals surface area contributed by atoms with E-state index in [-0.39, 0.29) is 5.82 Å². The van der Waals surface area contributed by atoms with Gasteiger partial charge in [-0.25, -0.2) is 14.4 Å². The minimum Gasteiger partial charge on any atom is -0.456 e. The summed E-state index contributed by atoms with van der Waals surface area (Å²) in [6.45, 7) is 0. The van der Waals surface area contributed by atoms with Gasteiger partial charge in [0.2, 0.25) is 11.2 Å². The SMILES string of the molecule is C[n+]1c2c3c(cccc3c3ccc(-c4cncnc4)cc31)Oc1ccc(F)cc1-2. The smallest absolute Gasteiger partial charge is 0.228 e. The molecule has 5 aromatic rings. The largest absolute Gasteiger partial charge is 0.456 e.